The average Bonchev–Trinajstić information content (AvgIpc) is 2.19. The van der Waals surface area contributed by atoms with Gasteiger partial charge in [-0.2, -0.15) is 5.26 Å². The number of halogens is 1. The fourth-order valence-electron chi connectivity index (χ4n) is 2.11. The molecule has 15 heavy (non-hydrogen) atoms. The second-order valence-corrected chi connectivity index (χ2v) is 5.06. The van der Waals surface area contributed by atoms with Crippen LogP contribution in [0.2, 0.25) is 0 Å². The zero-order valence-electron chi connectivity index (χ0n) is 8.33. The summed E-state index contributed by atoms with van der Waals surface area (Å²) in [7, 11) is 0. The zero-order chi connectivity index (χ0) is 10.9. The third kappa shape index (κ3) is 2.22. The minimum Gasteiger partial charge on any atom is -0.388 e. The Balaban J connectivity index is 2.28. The van der Waals surface area contributed by atoms with Gasteiger partial charge in [-0.3, -0.25) is 0 Å². The predicted molar refractivity (Wildman–Crippen MR) is 61.3 cm³/mol. The van der Waals surface area contributed by atoms with Crippen molar-refractivity contribution in [3.8, 4) is 6.07 Å². The topological polar surface area (TPSA) is 44.0 Å². The Labute approximate surface area is 97.7 Å². The molecule has 0 aliphatic heterocycles. The number of hydrogen-bond donors (Lipinski definition) is 1. The molecule has 1 unspecified atom stereocenters. The summed E-state index contributed by atoms with van der Waals surface area (Å²) in [6, 6.07) is 8.17. The van der Waals surface area contributed by atoms with Crippen molar-refractivity contribution in [3.05, 3.63) is 33.8 Å². The summed E-state index contributed by atoms with van der Waals surface area (Å²) >= 11 is 3.43. The maximum Gasteiger partial charge on any atom is 0.0820 e. The van der Waals surface area contributed by atoms with Crippen molar-refractivity contribution < 1.29 is 5.11 Å². The number of aryl methyl sites for hydroxylation is 1. The van der Waals surface area contributed by atoms with Crippen LogP contribution in [0.3, 0.4) is 0 Å². The third-order valence-corrected chi connectivity index (χ3v) is 3.45. The first-order valence-corrected chi connectivity index (χ1v) is 5.79. The SMILES string of the molecule is N#CCC1(O)CCc2cc(Br)ccc2C1. The quantitative estimate of drug-likeness (QED) is 0.849. The number of fused-ring (bicyclic) bond motifs is 1. The van der Waals surface area contributed by atoms with E-state index in [-0.39, 0.29) is 6.42 Å². The van der Waals surface area contributed by atoms with Crippen LogP contribution in [0, 0.1) is 11.3 Å². The van der Waals surface area contributed by atoms with Crippen LogP contribution >= 0.6 is 15.9 Å². The van der Waals surface area contributed by atoms with E-state index in [1.807, 2.05) is 12.1 Å². The minimum atomic E-state index is -0.810. The molecule has 0 saturated heterocycles. The molecule has 3 heteroatoms. The van der Waals surface area contributed by atoms with E-state index in [9.17, 15) is 5.11 Å². The largest absolute Gasteiger partial charge is 0.388 e. The van der Waals surface area contributed by atoms with E-state index < -0.39 is 5.60 Å². The van der Waals surface area contributed by atoms with Crippen LogP contribution in [0.25, 0.3) is 0 Å². The summed E-state index contributed by atoms with van der Waals surface area (Å²) in [6.45, 7) is 0. The summed E-state index contributed by atoms with van der Waals surface area (Å²) in [6.07, 6.45) is 2.36. The van der Waals surface area contributed by atoms with Crippen LogP contribution in [0.5, 0.6) is 0 Å². The summed E-state index contributed by atoms with van der Waals surface area (Å²) < 4.78 is 1.08. The Kier molecular flexibility index (Phi) is 2.81. The first kappa shape index (κ1) is 10.7. The summed E-state index contributed by atoms with van der Waals surface area (Å²) in [5, 5.41) is 18.8. The highest BCUT2D eigenvalue weighted by Gasteiger charge is 2.31. The monoisotopic (exact) mass is 265 g/mol. The van der Waals surface area contributed by atoms with E-state index >= 15 is 0 Å². The van der Waals surface area contributed by atoms with Gasteiger partial charge in [-0.25, -0.2) is 0 Å². The van der Waals surface area contributed by atoms with Crippen molar-refractivity contribution in [2.75, 3.05) is 0 Å². The molecule has 1 aromatic rings. The number of rotatable bonds is 1. The molecule has 0 fully saturated rings. The van der Waals surface area contributed by atoms with Gasteiger partial charge >= 0.3 is 0 Å². The number of aliphatic hydroxyl groups is 1. The van der Waals surface area contributed by atoms with E-state index in [2.05, 4.69) is 28.1 Å². The Bertz CT molecular complexity index is 424. The Morgan fingerprint density at radius 2 is 2.27 bits per heavy atom. The van der Waals surface area contributed by atoms with Gasteiger partial charge in [-0.15, -0.1) is 0 Å². The van der Waals surface area contributed by atoms with Gasteiger partial charge in [0.25, 0.3) is 0 Å². The highest BCUT2D eigenvalue weighted by Crippen LogP contribution is 2.32. The predicted octanol–water partition coefficient (Wildman–Crippen LogP) is 2.58. The van der Waals surface area contributed by atoms with E-state index in [0.717, 1.165) is 10.9 Å². The smallest absolute Gasteiger partial charge is 0.0820 e. The van der Waals surface area contributed by atoms with Gasteiger partial charge in [0, 0.05) is 10.9 Å². The van der Waals surface area contributed by atoms with Gasteiger partial charge in [0.05, 0.1) is 18.1 Å². The van der Waals surface area contributed by atoms with Gasteiger partial charge in [-0.05, 0) is 36.1 Å². The van der Waals surface area contributed by atoms with Crippen LogP contribution < -0.4 is 0 Å². The number of nitriles is 1. The van der Waals surface area contributed by atoms with Gasteiger partial charge in [0.2, 0.25) is 0 Å². The van der Waals surface area contributed by atoms with Crippen molar-refractivity contribution in [1.82, 2.24) is 0 Å². The molecule has 0 amide bonds. The van der Waals surface area contributed by atoms with E-state index in [0.29, 0.717) is 12.8 Å². The molecular formula is C12H12BrNO. The summed E-state index contributed by atoms with van der Waals surface area (Å²) in [5.74, 6) is 0. The Morgan fingerprint density at radius 1 is 1.47 bits per heavy atom. The first-order valence-electron chi connectivity index (χ1n) is 5.00. The van der Waals surface area contributed by atoms with Gasteiger partial charge < -0.3 is 5.11 Å². The molecule has 78 valence electrons. The number of nitrogens with zero attached hydrogens (tertiary/aromatic N) is 1. The lowest BCUT2D eigenvalue weighted by Gasteiger charge is -2.31. The highest BCUT2D eigenvalue weighted by molar-refractivity contribution is 9.10. The van der Waals surface area contributed by atoms with Gasteiger partial charge in [0.15, 0.2) is 0 Å². The number of hydrogen-bond acceptors (Lipinski definition) is 2. The van der Waals surface area contributed by atoms with Crippen molar-refractivity contribution >= 4 is 15.9 Å². The van der Waals surface area contributed by atoms with Gasteiger partial charge in [0.1, 0.15) is 0 Å². The molecule has 0 saturated carbocycles. The van der Waals surface area contributed by atoms with Crippen LogP contribution in [0.1, 0.15) is 24.0 Å². The van der Waals surface area contributed by atoms with E-state index in [1.165, 1.54) is 11.1 Å². The van der Waals surface area contributed by atoms with E-state index in [4.69, 9.17) is 5.26 Å². The molecule has 1 aliphatic rings. The molecule has 0 radical (unpaired) electrons. The second kappa shape index (κ2) is 3.96. The molecule has 1 atom stereocenters. The fourth-order valence-corrected chi connectivity index (χ4v) is 2.52. The molecule has 1 aromatic carbocycles. The Morgan fingerprint density at radius 3 is 3.00 bits per heavy atom. The standard InChI is InChI=1S/C12H12BrNO/c13-11-2-1-10-8-12(15,5-6-14)4-3-9(10)7-11/h1-2,7,15H,3-5,8H2. The molecule has 0 bridgehead atoms. The molecule has 0 spiro atoms. The molecule has 0 aromatic heterocycles. The van der Waals surface area contributed by atoms with Gasteiger partial charge in [-0.1, -0.05) is 22.0 Å². The van der Waals surface area contributed by atoms with Crippen LogP contribution in [-0.4, -0.2) is 10.7 Å². The fraction of sp³-hybridized carbons (Fsp3) is 0.417. The molecule has 0 heterocycles. The third-order valence-electron chi connectivity index (χ3n) is 2.96. The minimum absolute atomic E-state index is 0.225. The number of benzene rings is 1. The second-order valence-electron chi connectivity index (χ2n) is 4.15. The highest BCUT2D eigenvalue weighted by atomic mass is 79.9. The lowest BCUT2D eigenvalue weighted by Crippen LogP contribution is -2.35. The van der Waals surface area contributed by atoms with Crippen molar-refractivity contribution in [2.24, 2.45) is 0 Å². The summed E-state index contributed by atoms with van der Waals surface area (Å²) in [4.78, 5) is 0. The molecular weight excluding hydrogens is 254 g/mol. The molecule has 1 aliphatic carbocycles. The van der Waals surface area contributed by atoms with Crippen molar-refractivity contribution in [2.45, 2.75) is 31.3 Å². The molecule has 2 rings (SSSR count). The molecule has 1 N–H and O–H groups in total. The molecule has 2 nitrogen and oxygen atoms in total. The van der Waals surface area contributed by atoms with Crippen LogP contribution in [0.15, 0.2) is 22.7 Å². The van der Waals surface area contributed by atoms with Crippen molar-refractivity contribution in [3.63, 3.8) is 0 Å². The first-order chi connectivity index (χ1) is 7.13. The lowest BCUT2D eigenvalue weighted by molar-refractivity contribution is 0.0310. The van der Waals surface area contributed by atoms with Crippen LogP contribution in [-0.2, 0) is 12.8 Å². The average molecular weight is 266 g/mol. The van der Waals surface area contributed by atoms with Crippen molar-refractivity contribution in [1.29, 1.82) is 5.26 Å². The maximum atomic E-state index is 10.2. The maximum absolute atomic E-state index is 10.2. The lowest BCUT2D eigenvalue weighted by atomic mass is 9.79. The Hall–Kier alpha value is -0.850. The summed E-state index contributed by atoms with van der Waals surface area (Å²) in [5.41, 5.74) is 1.64. The van der Waals surface area contributed by atoms with E-state index in [1.54, 1.807) is 0 Å². The van der Waals surface area contributed by atoms with Crippen LogP contribution in [0.4, 0.5) is 0 Å². The zero-order valence-corrected chi connectivity index (χ0v) is 9.92. The normalized spacial score (nSPS) is 24.3.